The number of fused-ring (bicyclic) bond motifs is 1. The van der Waals surface area contributed by atoms with Gasteiger partial charge in [0, 0.05) is 30.8 Å². The van der Waals surface area contributed by atoms with Crippen molar-refractivity contribution in [2.45, 2.75) is 38.1 Å². The quantitative estimate of drug-likeness (QED) is 0.712. The molecule has 9 heteroatoms. The number of anilines is 1. The van der Waals surface area contributed by atoms with Gasteiger partial charge in [0.05, 0.1) is 6.67 Å². The third-order valence-electron chi connectivity index (χ3n) is 6.63. The number of hydrogen-bond donors (Lipinski definition) is 2. The number of benzene rings is 1. The number of ether oxygens (including phenoxy) is 2. The zero-order valence-electron chi connectivity index (χ0n) is 17.0. The molecule has 2 N–H and O–H groups in total. The SMILES string of the molecule is C[C@]1(C2CC2)NC(=O)N(CN2CCC(C(=O)Nc3ccc4c(c3)OCO4)CC2)C1=O. The monoisotopic (exact) mass is 414 g/mol. The minimum absolute atomic E-state index is 0.0233. The molecule has 1 aliphatic carbocycles. The molecule has 2 saturated heterocycles. The van der Waals surface area contributed by atoms with E-state index in [-0.39, 0.29) is 43.1 Å². The van der Waals surface area contributed by atoms with E-state index in [2.05, 4.69) is 15.5 Å². The highest BCUT2D eigenvalue weighted by Gasteiger charge is 2.56. The number of likely N-dealkylation sites (tertiary alicyclic amines) is 1. The molecule has 0 bridgehead atoms. The summed E-state index contributed by atoms with van der Waals surface area (Å²) in [5.74, 6) is 1.31. The fourth-order valence-corrected chi connectivity index (χ4v) is 4.54. The third-order valence-corrected chi connectivity index (χ3v) is 6.63. The number of nitrogens with zero attached hydrogens (tertiary/aromatic N) is 2. The Labute approximate surface area is 174 Å². The van der Waals surface area contributed by atoms with Crippen molar-refractivity contribution in [2.75, 3.05) is 31.9 Å². The maximum atomic E-state index is 12.8. The summed E-state index contributed by atoms with van der Waals surface area (Å²) < 4.78 is 10.6. The lowest BCUT2D eigenvalue weighted by Gasteiger charge is -2.33. The molecule has 3 fully saturated rings. The van der Waals surface area contributed by atoms with Crippen molar-refractivity contribution in [1.82, 2.24) is 15.1 Å². The Balaban J connectivity index is 1.13. The lowest BCUT2D eigenvalue weighted by Crippen LogP contribution is -2.48. The molecule has 3 heterocycles. The number of hydrogen-bond acceptors (Lipinski definition) is 6. The van der Waals surface area contributed by atoms with E-state index in [1.54, 1.807) is 18.2 Å². The van der Waals surface area contributed by atoms with Gasteiger partial charge in [-0.05, 0) is 50.7 Å². The number of rotatable bonds is 5. The molecular weight excluding hydrogens is 388 g/mol. The van der Waals surface area contributed by atoms with Crippen LogP contribution in [0.5, 0.6) is 11.5 Å². The van der Waals surface area contributed by atoms with E-state index in [1.807, 2.05) is 6.92 Å². The Hall–Kier alpha value is -2.81. The van der Waals surface area contributed by atoms with Crippen molar-refractivity contribution in [1.29, 1.82) is 0 Å². The van der Waals surface area contributed by atoms with Crippen LogP contribution in [-0.4, -0.2) is 59.7 Å². The van der Waals surface area contributed by atoms with Crippen LogP contribution in [0, 0.1) is 11.8 Å². The van der Waals surface area contributed by atoms with Crippen LogP contribution in [0.15, 0.2) is 18.2 Å². The van der Waals surface area contributed by atoms with E-state index in [4.69, 9.17) is 9.47 Å². The number of nitrogens with one attached hydrogen (secondary N) is 2. The summed E-state index contributed by atoms with van der Waals surface area (Å²) in [5, 5.41) is 5.83. The maximum Gasteiger partial charge on any atom is 0.326 e. The van der Waals surface area contributed by atoms with Crippen molar-refractivity contribution in [3.05, 3.63) is 18.2 Å². The van der Waals surface area contributed by atoms with Crippen molar-refractivity contribution in [3.8, 4) is 11.5 Å². The molecule has 1 saturated carbocycles. The highest BCUT2D eigenvalue weighted by atomic mass is 16.7. The molecule has 4 aliphatic rings. The predicted octanol–water partition coefficient (Wildman–Crippen LogP) is 1.74. The molecule has 0 radical (unpaired) electrons. The molecule has 0 unspecified atom stereocenters. The Bertz CT molecular complexity index is 893. The van der Waals surface area contributed by atoms with Gasteiger partial charge in [-0.25, -0.2) is 9.69 Å². The molecule has 1 aromatic carbocycles. The summed E-state index contributed by atoms with van der Waals surface area (Å²) >= 11 is 0. The van der Waals surface area contributed by atoms with Gasteiger partial charge in [-0.15, -0.1) is 0 Å². The van der Waals surface area contributed by atoms with Crippen molar-refractivity contribution in [3.63, 3.8) is 0 Å². The number of carbonyl (C=O) groups is 3. The fraction of sp³-hybridized carbons (Fsp3) is 0.571. The standard InChI is InChI=1S/C21H26N4O5/c1-21(14-2-3-14)19(27)25(20(28)23-21)11-24-8-6-13(7-9-24)18(26)22-15-4-5-16-17(10-15)30-12-29-16/h4-5,10,13-14H,2-3,6-9,11-12H2,1H3,(H,22,26)(H,23,28)/t21-/m1/s1. The fourth-order valence-electron chi connectivity index (χ4n) is 4.54. The molecule has 0 spiro atoms. The Kier molecular flexibility index (Phi) is 4.57. The summed E-state index contributed by atoms with van der Waals surface area (Å²) in [5.41, 5.74) is -0.0646. The van der Waals surface area contributed by atoms with Crippen molar-refractivity contribution < 1.29 is 23.9 Å². The first-order valence-electron chi connectivity index (χ1n) is 10.5. The number of carbonyl (C=O) groups excluding carboxylic acids is 3. The molecule has 4 amide bonds. The molecule has 9 nitrogen and oxygen atoms in total. The zero-order chi connectivity index (χ0) is 20.9. The van der Waals surface area contributed by atoms with Crippen LogP contribution in [0.25, 0.3) is 0 Å². The maximum absolute atomic E-state index is 12.8. The summed E-state index contributed by atoms with van der Waals surface area (Å²) in [6.07, 6.45) is 3.33. The molecule has 30 heavy (non-hydrogen) atoms. The van der Waals surface area contributed by atoms with Crippen LogP contribution < -0.4 is 20.1 Å². The van der Waals surface area contributed by atoms with Gasteiger partial charge in [0.1, 0.15) is 5.54 Å². The van der Waals surface area contributed by atoms with Gasteiger partial charge in [0.25, 0.3) is 5.91 Å². The lowest BCUT2D eigenvalue weighted by molar-refractivity contribution is -0.133. The van der Waals surface area contributed by atoms with Crippen LogP contribution in [0.1, 0.15) is 32.6 Å². The van der Waals surface area contributed by atoms with Crippen molar-refractivity contribution in [2.24, 2.45) is 11.8 Å². The number of piperidine rings is 1. The third kappa shape index (κ3) is 3.36. The average molecular weight is 414 g/mol. The highest BCUT2D eigenvalue weighted by Crippen LogP contribution is 2.42. The van der Waals surface area contributed by atoms with Crippen LogP contribution >= 0.6 is 0 Å². The van der Waals surface area contributed by atoms with Gasteiger partial charge in [-0.3, -0.25) is 14.5 Å². The minimum Gasteiger partial charge on any atom is -0.454 e. The second-order valence-corrected chi connectivity index (χ2v) is 8.73. The zero-order valence-corrected chi connectivity index (χ0v) is 17.0. The lowest BCUT2D eigenvalue weighted by atomic mass is 9.95. The van der Waals surface area contributed by atoms with E-state index < -0.39 is 5.54 Å². The summed E-state index contributed by atoms with van der Waals surface area (Å²) in [4.78, 5) is 41.2. The van der Waals surface area contributed by atoms with Crippen molar-refractivity contribution >= 4 is 23.5 Å². The summed E-state index contributed by atoms with van der Waals surface area (Å²) in [6, 6.07) is 5.05. The van der Waals surface area contributed by atoms with E-state index in [0.29, 0.717) is 43.1 Å². The predicted molar refractivity (Wildman–Crippen MR) is 107 cm³/mol. The van der Waals surface area contributed by atoms with Gasteiger partial charge in [-0.1, -0.05) is 0 Å². The topological polar surface area (TPSA) is 100 Å². The Morgan fingerprint density at radius 3 is 2.63 bits per heavy atom. The first-order chi connectivity index (χ1) is 14.4. The Morgan fingerprint density at radius 2 is 1.90 bits per heavy atom. The molecule has 3 aliphatic heterocycles. The molecular formula is C21H26N4O5. The summed E-state index contributed by atoms with van der Waals surface area (Å²) in [6.45, 7) is 3.64. The van der Waals surface area contributed by atoms with Gasteiger partial charge in [-0.2, -0.15) is 0 Å². The van der Waals surface area contributed by atoms with Crippen LogP contribution in [-0.2, 0) is 9.59 Å². The number of urea groups is 1. The smallest absolute Gasteiger partial charge is 0.326 e. The average Bonchev–Trinajstić information content (AvgIpc) is 3.46. The highest BCUT2D eigenvalue weighted by molar-refractivity contribution is 6.07. The van der Waals surface area contributed by atoms with Gasteiger partial charge in [0.2, 0.25) is 12.7 Å². The molecule has 1 atom stereocenters. The largest absolute Gasteiger partial charge is 0.454 e. The molecule has 1 aromatic rings. The van der Waals surface area contributed by atoms with Gasteiger partial charge < -0.3 is 20.1 Å². The van der Waals surface area contributed by atoms with E-state index in [1.165, 1.54) is 4.90 Å². The first-order valence-corrected chi connectivity index (χ1v) is 10.5. The first kappa shape index (κ1) is 19.2. The molecule has 160 valence electrons. The number of imide groups is 1. The van der Waals surface area contributed by atoms with E-state index >= 15 is 0 Å². The van der Waals surface area contributed by atoms with E-state index in [0.717, 1.165) is 12.8 Å². The molecule has 0 aromatic heterocycles. The number of amides is 4. The van der Waals surface area contributed by atoms with Gasteiger partial charge in [0.15, 0.2) is 11.5 Å². The second-order valence-electron chi connectivity index (χ2n) is 8.73. The molecule has 5 rings (SSSR count). The van der Waals surface area contributed by atoms with Crippen LogP contribution in [0.2, 0.25) is 0 Å². The normalized spacial score (nSPS) is 26.8. The van der Waals surface area contributed by atoms with Crippen LogP contribution in [0.4, 0.5) is 10.5 Å². The van der Waals surface area contributed by atoms with E-state index in [9.17, 15) is 14.4 Å². The Morgan fingerprint density at radius 1 is 1.17 bits per heavy atom. The minimum atomic E-state index is -0.750. The second kappa shape index (κ2) is 7.16. The van der Waals surface area contributed by atoms with Crippen LogP contribution in [0.3, 0.4) is 0 Å². The summed E-state index contributed by atoms with van der Waals surface area (Å²) in [7, 11) is 0. The van der Waals surface area contributed by atoms with Gasteiger partial charge >= 0.3 is 6.03 Å².